The monoisotopic (exact) mass is 416 g/mol. The zero-order chi connectivity index (χ0) is 21.9. The molecule has 0 heterocycles. The fraction of sp³-hybridized carbons (Fsp3) is 0.364. The van der Waals surface area contributed by atoms with Gasteiger partial charge in [0.15, 0.2) is 0 Å². The van der Waals surface area contributed by atoms with Crippen LogP contribution in [-0.4, -0.2) is 84.6 Å². The predicted molar refractivity (Wildman–Crippen MR) is 114 cm³/mol. The van der Waals surface area contributed by atoms with Gasteiger partial charge in [-0.2, -0.15) is 0 Å². The summed E-state index contributed by atoms with van der Waals surface area (Å²) in [4.78, 5) is 28.7. The number of anilines is 2. The Bertz CT molecular complexity index is 726. The van der Waals surface area contributed by atoms with Crippen molar-refractivity contribution in [3.05, 3.63) is 59.7 Å². The SMILES string of the molecule is O=C(C(=O)c1ccc(N(CCO)CCO)cc1)c1ccc(N(CCO)CCO)cc1. The van der Waals surface area contributed by atoms with Gasteiger partial charge in [-0.3, -0.25) is 9.59 Å². The maximum absolute atomic E-state index is 12.6. The Balaban J connectivity index is 2.12. The van der Waals surface area contributed by atoms with Crippen molar-refractivity contribution in [3.63, 3.8) is 0 Å². The Hall–Kier alpha value is -2.78. The maximum atomic E-state index is 12.6. The molecule has 0 amide bonds. The molecule has 162 valence electrons. The lowest BCUT2D eigenvalue weighted by atomic mass is 10.0. The number of ketones is 2. The minimum absolute atomic E-state index is 0.0663. The normalized spacial score (nSPS) is 10.7. The van der Waals surface area contributed by atoms with Gasteiger partial charge in [0.1, 0.15) is 0 Å². The molecule has 0 spiro atoms. The van der Waals surface area contributed by atoms with E-state index in [1.165, 1.54) is 0 Å². The van der Waals surface area contributed by atoms with E-state index in [0.717, 1.165) is 11.4 Å². The number of Topliss-reactive ketones (excluding diaryl/α,β-unsaturated/α-hetero) is 2. The molecule has 0 unspecified atom stereocenters. The molecule has 30 heavy (non-hydrogen) atoms. The third-order valence-corrected chi connectivity index (χ3v) is 4.68. The lowest BCUT2D eigenvalue weighted by Crippen LogP contribution is -2.29. The van der Waals surface area contributed by atoms with E-state index in [1.807, 2.05) is 0 Å². The van der Waals surface area contributed by atoms with Crippen molar-refractivity contribution in [1.82, 2.24) is 0 Å². The summed E-state index contributed by atoms with van der Waals surface area (Å²) in [6, 6.07) is 12.9. The number of carbonyl (C=O) groups is 2. The van der Waals surface area contributed by atoms with E-state index in [2.05, 4.69) is 0 Å². The second kappa shape index (κ2) is 12.0. The molecule has 0 aliphatic heterocycles. The summed E-state index contributed by atoms with van der Waals surface area (Å²) in [5.41, 5.74) is 1.98. The number of rotatable bonds is 13. The highest BCUT2D eigenvalue weighted by molar-refractivity contribution is 6.49. The van der Waals surface area contributed by atoms with Crippen LogP contribution in [0.1, 0.15) is 20.7 Å². The van der Waals surface area contributed by atoms with Crippen LogP contribution in [0.3, 0.4) is 0 Å². The molecule has 8 nitrogen and oxygen atoms in total. The number of carbonyl (C=O) groups excluding carboxylic acids is 2. The van der Waals surface area contributed by atoms with Crippen molar-refractivity contribution in [3.8, 4) is 0 Å². The largest absolute Gasteiger partial charge is 0.395 e. The molecule has 0 bridgehead atoms. The number of benzene rings is 2. The van der Waals surface area contributed by atoms with Crippen LogP contribution in [0.25, 0.3) is 0 Å². The van der Waals surface area contributed by atoms with Gasteiger partial charge >= 0.3 is 0 Å². The fourth-order valence-electron chi connectivity index (χ4n) is 3.13. The summed E-state index contributed by atoms with van der Waals surface area (Å²) < 4.78 is 0. The number of aliphatic hydroxyl groups is 4. The zero-order valence-corrected chi connectivity index (χ0v) is 16.8. The Kier molecular flexibility index (Phi) is 9.43. The first-order valence-electron chi connectivity index (χ1n) is 9.78. The molecule has 2 aromatic carbocycles. The zero-order valence-electron chi connectivity index (χ0n) is 16.8. The Labute approximate surface area is 175 Å². The van der Waals surface area contributed by atoms with Crippen molar-refractivity contribution in [2.45, 2.75) is 0 Å². The molecule has 2 aromatic rings. The summed E-state index contributed by atoms with van der Waals surface area (Å²) in [7, 11) is 0. The van der Waals surface area contributed by atoms with Crippen LogP contribution in [0.5, 0.6) is 0 Å². The predicted octanol–water partition coefficient (Wildman–Crippen LogP) is 0.334. The van der Waals surface area contributed by atoms with Gasteiger partial charge in [-0.15, -0.1) is 0 Å². The van der Waals surface area contributed by atoms with Gasteiger partial charge < -0.3 is 30.2 Å². The molecule has 0 radical (unpaired) electrons. The molecule has 0 aromatic heterocycles. The minimum Gasteiger partial charge on any atom is -0.395 e. The highest BCUT2D eigenvalue weighted by Gasteiger charge is 2.19. The second-order valence-corrected chi connectivity index (χ2v) is 6.62. The lowest BCUT2D eigenvalue weighted by Gasteiger charge is -2.23. The molecule has 0 atom stereocenters. The number of nitrogens with zero attached hydrogens (tertiary/aromatic N) is 2. The van der Waals surface area contributed by atoms with Crippen LogP contribution in [0.2, 0.25) is 0 Å². The third-order valence-electron chi connectivity index (χ3n) is 4.68. The van der Waals surface area contributed by atoms with Gasteiger partial charge in [0.2, 0.25) is 11.6 Å². The Morgan fingerprint density at radius 2 is 0.800 bits per heavy atom. The standard InChI is InChI=1S/C22H28N2O6/c25-13-9-23(10-14-26)19-5-1-17(2-6-19)21(29)22(30)18-3-7-20(8-4-18)24(11-15-27)12-16-28/h1-8,25-28H,9-16H2. The van der Waals surface area contributed by atoms with Crippen LogP contribution in [0.4, 0.5) is 11.4 Å². The summed E-state index contributed by atoms with van der Waals surface area (Å²) in [5, 5.41) is 36.5. The van der Waals surface area contributed by atoms with Crippen LogP contribution < -0.4 is 9.80 Å². The molecule has 8 heteroatoms. The third kappa shape index (κ3) is 6.11. The van der Waals surface area contributed by atoms with Gasteiger partial charge in [-0.1, -0.05) is 0 Å². The van der Waals surface area contributed by atoms with Gasteiger partial charge in [0.25, 0.3) is 0 Å². The average Bonchev–Trinajstić information content (AvgIpc) is 2.78. The molecular formula is C22H28N2O6. The Morgan fingerprint density at radius 3 is 1.03 bits per heavy atom. The van der Waals surface area contributed by atoms with Crippen molar-refractivity contribution in [2.24, 2.45) is 0 Å². The average molecular weight is 416 g/mol. The minimum atomic E-state index is -0.632. The van der Waals surface area contributed by atoms with Crippen LogP contribution in [-0.2, 0) is 0 Å². The fourth-order valence-corrected chi connectivity index (χ4v) is 3.13. The van der Waals surface area contributed by atoms with E-state index in [1.54, 1.807) is 58.3 Å². The van der Waals surface area contributed by atoms with Gasteiger partial charge in [0.05, 0.1) is 26.4 Å². The first-order valence-corrected chi connectivity index (χ1v) is 9.78. The summed E-state index contributed by atoms with van der Waals surface area (Å²) >= 11 is 0. The maximum Gasteiger partial charge on any atom is 0.233 e. The smallest absolute Gasteiger partial charge is 0.233 e. The number of hydrogen-bond donors (Lipinski definition) is 4. The van der Waals surface area contributed by atoms with E-state index in [0.29, 0.717) is 26.2 Å². The van der Waals surface area contributed by atoms with Crippen molar-refractivity contribution in [1.29, 1.82) is 0 Å². The van der Waals surface area contributed by atoms with E-state index < -0.39 is 11.6 Å². The highest BCUT2D eigenvalue weighted by Crippen LogP contribution is 2.19. The van der Waals surface area contributed by atoms with E-state index in [4.69, 9.17) is 20.4 Å². The van der Waals surface area contributed by atoms with Crippen molar-refractivity contribution < 1.29 is 30.0 Å². The quantitative estimate of drug-likeness (QED) is 0.272. The molecule has 0 fully saturated rings. The molecule has 4 N–H and O–H groups in total. The van der Waals surface area contributed by atoms with E-state index >= 15 is 0 Å². The second-order valence-electron chi connectivity index (χ2n) is 6.62. The molecule has 0 saturated carbocycles. The molecule has 0 aliphatic carbocycles. The van der Waals surface area contributed by atoms with Gasteiger partial charge in [-0.25, -0.2) is 0 Å². The van der Waals surface area contributed by atoms with Crippen LogP contribution in [0.15, 0.2) is 48.5 Å². The van der Waals surface area contributed by atoms with Gasteiger partial charge in [-0.05, 0) is 48.5 Å². The molecule has 2 rings (SSSR count). The van der Waals surface area contributed by atoms with Gasteiger partial charge in [0, 0.05) is 48.7 Å². The van der Waals surface area contributed by atoms with Crippen LogP contribution in [0, 0.1) is 0 Å². The summed E-state index contributed by atoms with van der Waals surface area (Å²) in [6.45, 7) is 1.13. The van der Waals surface area contributed by atoms with Crippen molar-refractivity contribution >= 4 is 22.9 Å². The first kappa shape index (κ1) is 23.5. The molecule has 0 aliphatic rings. The molecule has 0 saturated heterocycles. The first-order chi connectivity index (χ1) is 14.5. The molecular weight excluding hydrogens is 388 g/mol. The summed E-state index contributed by atoms with van der Waals surface area (Å²) in [6.07, 6.45) is 0. The Morgan fingerprint density at radius 1 is 0.533 bits per heavy atom. The number of hydrogen-bond acceptors (Lipinski definition) is 8. The van der Waals surface area contributed by atoms with Crippen LogP contribution >= 0.6 is 0 Å². The van der Waals surface area contributed by atoms with Crippen molar-refractivity contribution in [2.75, 3.05) is 62.4 Å². The summed E-state index contributed by atoms with van der Waals surface area (Å²) in [5.74, 6) is -1.26. The topological polar surface area (TPSA) is 122 Å². The number of aliphatic hydroxyl groups excluding tert-OH is 4. The lowest BCUT2D eigenvalue weighted by molar-refractivity contribution is 0.0817. The van der Waals surface area contributed by atoms with E-state index in [-0.39, 0.29) is 37.6 Å². The van der Waals surface area contributed by atoms with E-state index in [9.17, 15) is 9.59 Å². The highest BCUT2D eigenvalue weighted by atomic mass is 16.3.